The molecule has 1 rings (SSSR count). The summed E-state index contributed by atoms with van der Waals surface area (Å²) in [6.07, 6.45) is 1.04. The van der Waals surface area contributed by atoms with Crippen LogP contribution in [-0.4, -0.2) is 15.6 Å². The third-order valence-corrected chi connectivity index (χ3v) is 3.26. The van der Waals surface area contributed by atoms with Gasteiger partial charge in [-0.3, -0.25) is 9.59 Å². The molecule has 0 bridgehead atoms. The fourth-order valence-corrected chi connectivity index (χ4v) is 2.57. The van der Waals surface area contributed by atoms with Gasteiger partial charge in [0.25, 0.3) is 0 Å². The van der Waals surface area contributed by atoms with Gasteiger partial charge in [0.2, 0.25) is 0 Å². The fourth-order valence-electron chi connectivity index (χ4n) is 2.57. The molecule has 4 nitrogen and oxygen atoms in total. The quantitative estimate of drug-likeness (QED) is 0.860. The molecule has 0 radical (unpaired) electrons. The lowest BCUT2D eigenvalue weighted by atomic mass is 9.93. The van der Waals surface area contributed by atoms with Gasteiger partial charge in [0.1, 0.15) is 0 Å². The number of aliphatic carboxylic acids is 1. The normalized spacial score (nSPS) is 12.7. The van der Waals surface area contributed by atoms with Crippen LogP contribution in [0.4, 0.5) is 0 Å². The third kappa shape index (κ3) is 4.89. The molecule has 106 valence electrons. The number of carbonyl (C=O) groups is 1. The summed E-state index contributed by atoms with van der Waals surface area (Å²) in [7, 11) is 0. The summed E-state index contributed by atoms with van der Waals surface area (Å²) in [6.45, 7) is 8.63. The molecule has 19 heavy (non-hydrogen) atoms. The predicted octanol–water partition coefficient (Wildman–Crippen LogP) is 2.60. The molecule has 1 aromatic heterocycles. The Kier molecular flexibility index (Phi) is 5.33. The van der Waals surface area contributed by atoms with Crippen LogP contribution in [0.3, 0.4) is 0 Å². The van der Waals surface area contributed by atoms with Gasteiger partial charge in [-0.25, -0.2) is 0 Å². The van der Waals surface area contributed by atoms with Gasteiger partial charge in [0.05, 0.1) is 0 Å². The van der Waals surface area contributed by atoms with Gasteiger partial charge < -0.3 is 9.67 Å². The molecule has 0 aliphatic heterocycles. The number of rotatable bonds is 6. The van der Waals surface area contributed by atoms with E-state index in [0.717, 1.165) is 17.8 Å². The van der Waals surface area contributed by atoms with E-state index in [1.54, 1.807) is 12.1 Å². The Balaban J connectivity index is 2.95. The monoisotopic (exact) mass is 265 g/mol. The predicted molar refractivity (Wildman–Crippen MR) is 75.4 cm³/mol. The van der Waals surface area contributed by atoms with E-state index in [-0.39, 0.29) is 17.8 Å². The Hall–Kier alpha value is -1.58. The first-order valence-corrected chi connectivity index (χ1v) is 6.69. The van der Waals surface area contributed by atoms with Crippen molar-refractivity contribution in [2.45, 2.75) is 47.1 Å². The number of nitrogens with zero attached hydrogens (tertiary/aromatic N) is 1. The molecule has 0 aliphatic carbocycles. The summed E-state index contributed by atoms with van der Waals surface area (Å²) in [4.78, 5) is 22.3. The van der Waals surface area contributed by atoms with Crippen LogP contribution in [0.2, 0.25) is 0 Å². The molecule has 0 saturated carbocycles. The molecule has 0 amide bonds. The average molecular weight is 265 g/mol. The SMILES string of the molecule is Cc1cc(=O)cc(C)n1CC(CC(=O)O)CC(C)C. The molecule has 0 fully saturated rings. The van der Waals surface area contributed by atoms with E-state index in [1.165, 1.54) is 0 Å². The van der Waals surface area contributed by atoms with E-state index >= 15 is 0 Å². The lowest BCUT2D eigenvalue weighted by Gasteiger charge is -2.22. The highest BCUT2D eigenvalue weighted by molar-refractivity contribution is 5.67. The van der Waals surface area contributed by atoms with E-state index < -0.39 is 5.97 Å². The van der Waals surface area contributed by atoms with Gasteiger partial charge in [-0.1, -0.05) is 13.8 Å². The van der Waals surface area contributed by atoms with Gasteiger partial charge in [-0.15, -0.1) is 0 Å². The second-order valence-electron chi connectivity index (χ2n) is 5.68. The fraction of sp³-hybridized carbons (Fsp3) is 0.600. The summed E-state index contributed by atoms with van der Waals surface area (Å²) < 4.78 is 2.04. The highest BCUT2D eigenvalue weighted by Crippen LogP contribution is 2.19. The smallest absolute Gasteiger partial charge is 0.303 e. The van der Waals surface area contributed by atoms with Crippen molar-refractivity contribution >= 4 is 5.97 Å². The molecule has 0 aromatic carbocycles. The molecule has 1 N–H and O–H groups in total. The molecule has 1 unspecified atom stereocenters. The summed E-state index contributed by atoms with van der Waals surface area (Å²) in [5.41, 5.74) is 1.79. The second-order valence-corrected chi connectivity index (χ2v) is 5.68. The van der Waals surface area contributed by atoms with E-state index in [4.69, 9.17) is 5.11 Å². The zero-order valence-corrected chi connectivity index (χ0v) is 12.1. The largest absolute Gasteiger partial charge is 0.481 e. The van der Waals surface area contributed by atoms with Gasteiger partial charge >= 0.3 is 5.97 Å². The molecule has 0 saturated heterocycles. The van der Waals surface area contributed by atoms with Gasteiger partial charge in [-0.05, 0) is 32.1 Å². The Labute approximate surface area is 114 Å². The van der Waals surface area contributed by atoms with Crippen molar-refractivity contribution in [3.05, 3.63) is 33.7 Å². The van der Waals surface area contributed by atoms with Crippen LogP contribution >= 0.6 is 0 Å². The minimum absolute atomic E-state index is 0.00453. The first-order valence-electron chi connectivity index (χ1n) is 6.69. The van der Waals surface area contributed by atoms with Crippen LogP contribution in [0.15, 0.2) is 16.9 Å². The maximum atomic E-state index is 11.4. The van der Waals surface area contributed by atoms with Crippen LogP contribution in [-0.2, 0) is 11.3 Å². The molecular weight excluding hydrogens is 242 g/mol. The molecule has 1 aromatic rings. The van der Waals surface area contributed by atoms with E-state index in [2.05, 4.69) is 13.8 Å². The summed E-state index contributed by atoms with van der Waals surface area (Å²) >= 11 is 0. The first-order chi connectivity index (χ1) is 8.79. The van der Waals surface area contributed by atoms with E-state index in [9.17, 15) is 9.59 Å². The average Bonchev–Trinajstić information content (AvgIpc) is 2.21. The van der Waals surface area contributed by atoms with Gasteiger partial charge in [0.15, 0.2) is 5.43 Å². The Morgan fingerprint density at radius 2 is 1.79 bits per heavy atom. The number of hydrogen-bond acceptors (Lipinski definition) is 2. The lowest BCUT2D eigenvalue weighted by molar-refractivity contribution is -0.138. The van der Waals surface area contributed by atoms with Crippen LogP contribution in [0.5, 0.6) is 0 Å². The zero-order valence-electron chi connectivity index (χ0n) is 12.1. The maximum Gasteiger partial charge on any atom is 0.303 e. The van der Waals surface area contributed by atoms with Crippen molar-refractivity contribution in [2.75, 3.05) is 0 Å². The van der Waals surface area contributed by atoms with Crippen molar-refractivity contribution in [3.8, 4) is 0 Å². The van der Waals surface area contributed by atoms with E-state index in [1.807, 2.05) is 18.4 Å². The van der Waals surface area contributed by atoms with Crippen molar-refractivity contribution in [2.24, 2.45) is 11.8 Å². The molecule has 1 atom stereocenters. The van der Waals surface area contributed by atoms with Crippen molar-refractivity contribution in [1.82, 2.24) is 4.57 Å². The van der Waals surface area contributed by atoms with Crippen LogP contribution in [0, 0.1) is 25.7 Å². The number of aryl methyl sites for hydroxylation is 2. The topological polar surface area (TPSA) is 59.3 Å². The summed E-state index contributed by atoms with van der Waals surface area (Å²) in [6, 6.07) is 3.19. The Morgan fingerprint density at radius 1 is 1.26 bits per heavy atom. The van der Waals surface area contributed by atoms with Crippen LogP contribution < -0.4 is 5.43 Å². The maximum absolute atomic E-state index is 11.4. The highest BCUT2D eigenvalue weighted by atomic mass is 16.4. The Bertz CT molecular complexity index is 476. The molecule has 4 heteroatoms. The van der Waals surface area contributed by atoms with Crippen molar-refractivity contribution in [3.63, 3.8) is 0 Å². The summed E-state index contributed by atoms with van der Waals surface area (Å²) in [5.74, 6) is -0.205. The number of carboxylic acids is 1. The first kappa shape index (κ1) is 15.5. The minimum atomic E-state index is -0.762. The highest BCUT2D eigenvalue weighted by Gasteiger charge is 2.17. The third-order valence-electron chi connectivity index (χ3n) is 3.26. The molecule has 0 aliphatic rings. The van der Waals surface area contributed by atoms with Gasteiger partial charge in [-0.2, -0.15) is 0 Å². The second kappa shape index (κ2) is 6.55. The number of aromatic nitrogens is 1. The molecule has 1 heterocycles. The lowest BCUT2D eigenvalue weighted by Crippen LogP contribution is -2.21. The van der Waals surface area contributed by atoms with Crippen LogP contribution in [0.1, 0.15) is 38.1 Å². The van der Waals surface area contributed by atoms with Crippen molar-refractivity contribution < 1.29 is 9.90 Å². The summed E-state index contributed by atoms with van der Waals surface area (Å²) in [5, 5.41) is 9.00. The minimum Gasteiger partial charge on any atom is -0.481 e. The number of hydrogen-bond donors (Lipinski definition) is 1. The number of carboxylic acid groups (broad SMARTS) is 1. The van der Waals surface area contributed by atoms with Crippen molar-refractivity contribution in [1.29, 1.82) is 0 Å². The molecule has 0 spiro atoms. The number of pyridine rings is 1. The zero-order chi connectivity index (χ0) is 14.6. The Morgan fingerprint density at radius 3 is 2.21 bits per heavy atom. The van der Waals surface area contributed by atoms with E-state index in [0.29, 0.717) is 12.5 Å². The molecular formula is C15H23NO3. The van der Waals surface area contributed by atoms with Crippen LogP contribution in [0.25, 0.3) is 0 Å². The van der Waals surface area contributed by atoms with Gasteiger partial charge in [0, 0.05) is 36.5 Å². The standard InChI is InChI=1S/C15H23NO3/c1-10(2)5-13(8-15(18)19)9-16-11(3)6-14(17)7-12(16)4/h6-7,10,13H,5,8-9H2,1-4H3,(H,18,19).